The molecule has 1 aromatic rings. The molecule has 0 fully saturated rings. The summed E-state index contributed by atoms with van der Waals surface area (Å²) in [6.07, 6.45) is 0. The summed E-state index contributed by atoms with van der Waals surface area (Å²) in [5, 5.41) is 0. The van der Waals surface area contributed by atoms with Crippen LogP contribution >= 0.6 is 46.4 Å². The molecule has 0 bridgehead atoms. The molecule has 0 saturated heterocycles. The zero-order valence-corrected chi connectivity index (χ0v) is 9.05. The summed E-state index contributed by atoms with van der Waals surface area (Å²) >= 11 is 22.6. The second-order valence-corrected chi connectivity index (χ2v) is 4.88. The van der Waals surface area contributed by atoms with Gasteiger partial charge in [0.2, 0.25) is 3.79 Å². The van der Waals surface area contributed by atoms with Gasteiger partial charge in [-0.2, -0.15) is 0 Å². The van der Waals surface area contributed by atoms with E-state index in [1.54, 1.807) is 12.1 Å². The van der Waals surface area contributed by atoms with Gasteiger partial charge in [-0.15, -0.1) is 11.6 Å². The predicted molar refractivity (Wildman–Crippen MR) is 55.2 cm³/mol. The van der Waals surface area contributed by atoms with E-state index in [9.17, 15) is 0 Å². The Kier molecular flexibility index (Phi) is 3.54. The van der Waals surface area contributed by atoms with E-state index in [2.05, 4.69) is 0 Å². The fraction of sp³-hybridized carbons (Fsp3) is 0.250. The smallest absolute Gasteiger partial charge is 0.122 e. The van der Waals surface area contributed by atoms with E-state index in [1.165, 1.54) is 0 Å². The SMILES string of the molecule is ClCc1ccc(C(Cl)(Cl)Cl)cc1. The van der Waals surface area contributed by atoms with Crippen LogP contribution in [0.5, 0.6) is 0 Å². The Hall–Kier alpha value is 0.380. The second kappa shape index (κ2) is 4.06. The molecule has 1 aromatic carbocycles. The van der Waals surface area contributed by atoms with Crippen LogP contribution in [0.15, 0.2) is 24.3 Å². The number of benzene rings is 1. The molecule has 0 amide bonds. The standard InChI is InChI=1S/C8H6Cl4/c9-5-6-1-3-7(4-2-6)8(10,11)12/h1-4H,5H2. The van der Waals surface area contributed by atoms with E-state index >= 15 is 0 Å². The van der Waals surface area contributed by atoms with E-state index in [4.69, 9.17) is 46.4 Å². The number of rotatable bonds is 1. The van der Waals surface area contributed by atoms with Crippen LogP contribution in [-0.2, 0) is 9.67 Å². The minimum atomic E-state index is -1.34. The molecule has 0 heterocycles. The molecule has 0 aliphatic rings. The highest BCUT2D eigenvalue weighted by atomic mass is 35.6. The number of hydrogen-bond donors (Lipinski definition) is 0. The van der Waals surface area contributed by atoms with Gasteiger partial charge in [0, 0.05) is 11.4 Å². The number of halogens is 4. The second-order valence-electron chi connectivity index (χ2n) is 2.33. The van der Waals surface area contributed by atoms with Gasteiger partial charge in [0.15, 0.2) is 0 Å². The quantitative estimate of drug-likeness (QED) is 0.647. The van der Waals surface area contributed by atoms with Gasteiger partial charge < -0.3 is 0 Å². The van der Waals surface area contributed by atoms with Gasteiger partial charge in [-0.05, 0) is 5.56 Å². The molecule has 0 aliphatic heterocycles. The summed E-state index contributed by atoms with van der Waals surface area (Å²) in [5.41, 5.74) is 1.66. The molecule has 0 aromatic heterocycles. The fourth-order valence-corrected chi connectivity index (χ4v) is 1.34. The molecule has 66 valence electrons. The van der Waals surface area contributed by atoms with E-state index in [0.717, 1.165) is 5.56 Å². The molecule has 12 heavy (non-hydrogen) atoms. The highest BCUT2D eigenvalue weighted by molar-refractivity contribution is 6.66. The van der Waals surface area contributed by atoms with Crippen LogP contribution in [0.25, 0.3) is 0 Å². The highest BCUT2D eigenvalue weighted by Gasteiger charge is 2.21. The summed E-state index contributed by atoms with van der Waals surface area (Å²) < 4.78 is -1.34. The lowest BCUT2D eigenvalue weighted by Crippen LogP contribution is -1.99. The van der Waals surface area contributed by atoms with Crippen LogP contribution in [0, 0.1) is 0 Å². The third-order valence-corrected chi connectivity index (χ3v) is 2.40. The Morgan fingerprint density at radius 3 is 1.83 bits per heavy atom. The van der Waals surface area contributed by atoms with Crippen LogP contribution < -0.4 is 0 Å². The molecule has 0 saturated carbocycles. The lowest BCUT2D eigenvalue weighted by Gasteiger charge is -2.10. The van der Waals surface area contributed by atoms with Gasteiger partial charge in [0.25, 0.3) is 0 Å². The molecule has 0 unspecified atom stereocenters. The van der Waals surface area contributed by atoms with Crippen molar-refractivity contribution in [3.8, 4) is 0 Å². The van der Waals surface area contributed by atoms with Crippen molar-refractivity contribution in [3.63, 3.8) is 0 Å². The van der Waals surface area contributed by atoms with Gasteiger partial charge in [-0.1, -0.05) is 59.1 Å². The highest BCUT2D eigenvalue weighted by Crippen LogP contribution is 2.37. The molecule has 4 heteroatoms. The fourth-order valence-electron chi connectivity index (χ4n) is 0.783. The zero-order valence-electron chi connectivity index (χ0n) is 6.03. The van der Waals surface area contributed by atoms with Crippen molar-refractivity contribution in [2.45, 2.75) is 9.67 Å². The lowest BCUT2D eigenvalue weighted by atomic mass is 10.2. The van der Waals surface area contributed by atoms with Crippen LogP contribution in [0.4, 0.5) is 0 Å². The number of alkyl halides is 4. The van der Waals surface area contributed by atoms with Crippen LogP contribution in [0.3, 0.4) is 0 Å². The minimum Gasteiger partial charge on any atom is -0.122 e. The van der Waals surface area contributed by atoms with Gasteiger partial charge in [-0.3, -0.25) is 0 Å². The van der Waals surface area contributed by atoms with E-state index in [1.807, 2.05) is 12.1 Å². The van der Waals surface area contributed by atoms with Crippen LogP contribution in [0.2, 0.25) is 0 Å². The first-order chi connectivity index (χ1) is 5.54. The molecule has 0 atom stereocenters. The summed E-state index contributed by atoms with van der Waals surface area (Å²) in [5.74, 6) is 0.472. The predicted octanol–water partition coefficient (Wildman–Crippen LogP) is 4.25. The van der Waals surface area contributed by atoms with E-state index < -0.39 is 3.79 Å². The summed E-state index contributed by atoms with van der Waals surface area (Å²) in [6, 6.07) is 7.18. The van der Waals surface area contributed by atoms with Crippen molar-refractivity contribution in [2.24, 2.45) is 0 Å². The van der Waals surface area contributed by atoms with Crippen molar-refractivity contribution < 1.29 is 0 Å². The first-order valence-corrected chi connectivity index (χ1v) is 4.93. The Balaban J connectivity index is 2.93. The van der Waals surface area contributed by atoms with Crippen molar-refractivity contribution in [1.82, 2.24) is 0 Å². The summed E-state index contributed by atoms with van der Waals surface area (Å²) in [7, 11) is 0. The molecule has 1 rings (SSSR count). The maximum absolute atomic E-state index is 5.65. The van der Waals surface area contributed by atoms with Crippen molar-refractivity contribution in [1.29, 1.82) is 0 Å². The number of hydrogen-bond acceptors (Lipinski definition) is 0. The molecule has 0 aliphatic carbocycles. The maximum Gasteiger partial charge on any atom is 0.216 e. The van der Waals surface area contributed by atoms with Crippen molar-refractivity contribution in [3.05, 3.63) is 35.4 Å². The van der Waals surface area contributed by atoms with Crippen LogP contribution in [0.1, 0.15) is 11.1 Å². The topological polar surface area (TPSA) is 0 Å². The average molecular weight is 244 g/mol. The van der Waals surface area contributed by atoms with E-state index in [-0.39, 0.29) is 0 Å². The first kappa shape index (κ1) is 10.5. The van der Waals surface area contributed by atoms with Gasteiger partial charge in [-0.25, -0.2) is 0 Å². The molecule has 0 nitrogen and oxygen atoms in total. The normalized spacial score (nSPS) is 11.7. The van der Waals surface area contributed by atoms with E-state index in [0.29, 0.717) is 11.4 Å². The van der Waals surface area contributed by atoms with Gasteiger partial charge >= 0.3 is 0 Å². The van der Waals surface area contributed by atoms with Crippen LogP contribution in [-0.4, -0.2) is 0 Å². The monoisotopic (exact) mass is 242 g/mol. The third-order valence-electron chi connectivity index (χ3n) is 1.44. The van der Waals surface area contributed by atoms with Gasteiger partial charge in [0.1, 0.15) is 0 Å². The molecule has 0 N–H and O–H groups in total. The van der Waals surface area contributed by atoms with Crippen molar-refractivity contribution in [2.75, 3.05) is 0 Å². The third kappa shape index (κ3) is 2.70. The average Bonchev–Trinajstić information content (AvgIpc) is 2.03. The Bertz CT molecular complexity index is 247. The Labute approximate surface area is 91.4 Å². The first-order valence-electron chi connectivity index (χ1n) is 3.26. The molecular weight excluding hydrogens is 238 g/mol. The minimum absolute atomic E-state index is 0.472. The molecule has 0 spiro atoms. The van der Waals surface area contributed by atoms with Gasteiger partial charge in [0.05, 0.1) is 0 Å². The Morgan fingerprint density at radius 2 is 1.50 bits per heavy atom. The molecular formula is C8H6Cl4. The summed E-state index contributed by atoms with van der Waals surface area (Å²) in [4.78, 5) is 0. The van der Waals surface area contributed by atoms with Crippen molar-refractivity contribution >= 4 is 46.4 Å². The molecule has 0 radical (unpaired) electrons. The lowest BCUT2D eigenvalue weighted by molar-refractivity contribution is 1.22. The largest absolute Gasteiger partial charge is 0.216 e. The zero-order chi connectivity index (χ0) is 9.19. The maximum atomic E-state index is 5.65. The Morgan fingerprint density at radius 1 is 1.00 bits per heavy atom. The summed E-state index contributed by atoms with van der Waals surface area (Å²) in [6.45, 7) is 0.